The van der Waals surface area contributed by atoms with Crippen LogP contribution >= 0.6 is 11.6 Å². The van der Waals surface area contributed by atoms with Gasteiger partial charge in [0.1, 0.15) is 12.3 Å². The molecule has 31 heavy (non-hydrogen) atoms. The summed E-state index contributed by atoms with van der Waals surface area (Å²) in [6.45, 7) is 5.79. The molecule has 7 heteroatoms. The number of rotatable bonds is 4. The summed E-state index contributed by atoms with van der Waals surface area (Å²) in [4.78, 5) is 32.9. The van der Waals surface area contributed by atoms with Crippen LogP contribution in [0.2, 0.25) is 5.02 Å². The number of carbonyl (C=O) groups is 2. The van der Waals surface area contributed by atoms with E-state index in [4.69, 9.17) is 21.3 Å². The first-order chi connectivity index (χ1) is 14.8. The summed E-state index contributed by atoms with van der Waals surface area (Å²) in [5.41, 5.74) is 5.87. The van der Waals surface area contributed by atoms with Gasteiger partial charge < -0.3 is 15.0 Å². The van der Waals surface area contributed by atoms with Crippen molar-refractivity contribution in [1.82, 2.24) is 0 Å². The smallest absolute Gasteiger partial charge is 0.244 e. The minimum Gasteiger partial charge on any atom is -0.495 e. The lowest BCUT2D eigenvalue weighted by Crippen LogP contribution is -2.42. The van der Waals surface area contributed by atoms with Gasteiger partial charge in [0.15, 0.2) is 0 Å². The molecule has 2 aromatic rings. The van der Waals surface area contributed by atoms with Crippen molar-refractivity contribution in [1.29, 1.82) is 0 Å². The average molecular weight is 440 g/mol. The van der Waals surface area contributed by atoms with Crippen molar-refractivity contribution >= 4 is 46.2 Å². The number of methoxy groups -OCH3 is 1. The van der Waals surface area contributed by atoms with E-state index in [1.807, 2.05) is 32.9 Å². The van der Waals surface area contributed by atoms with Crippen molar-refractivity contribution in [2.45, 2.75) is 40.0 Å². The van der Waals surface area contributed by atoms with Gasteiger partial charge in [0.25, 0.3) is 0 Å². The summed E-state index contributed by atoms with van der Waals surface area (Å²) < 4.78 is 5.36. The maximum Gasteiger partial charge on any atom is 0.244 e. The maximum absolute atomic E-state index is 13.4. The summed E-state index contributed by atoms with van der Waals surface area (Å²) in [6, 6.07) is 7.39. The van der Waals surface area contributed by atoms with Gasteiger partial charge in [-0.1, -0.05) is 11.6 Å². The minimum absolute atomic E-state index is 0.0624. The molecule has 0 bridgehead atoms. The SMILES string of the molecule is COc1cc(Cl)c(C)cc1NC(=O)CN1C(=O)C2CCCC2=Nc2cc(C)c(C)cc21. The number of aliphatic imine (C=N–C) groups is 1. The van der Waals surface area contributed by atoms with Crippen molar-refractivity contribution in [2.75, 3.05) is 23.9 Å². The Balaban J connectivity index is 1.67. The third-order valence-corrected chi connectivity index (χ3v) is 6.50. The van der Waals surface area contributed by atoms with Gasteiger partial charge in [0, 0.05) is 16.8 Å². The lowest BCUT2D eigenvalue weighted by atomic mass is 10.0. The fourth-order valence-corrected chi connectivity index (χ4v) is 4.36. The first-order valence-electron chi connectivity index (χ1n) is 10.4. The number of anilines is 2. The molecule has 1 saturated carbocycles. The Hall–Kier alpha value is -2.86. The Bertz CT molecular complexity index is 1110. The van der Waals surface area contributed by atoms with E-state index in [0.29, 0.717) is 22.1 Å². The van der Waals surface area contributed by atoms with Crippen LogP contribution in [-0.4, -0.2) is 31.2 Å². The zero-order valence-corrected chi connectivity index (χ0v) is 19.0. The normalized spacial score (nSPS) is 17.6. The molecule has 1 unspecified atom stereocenters. The standard InChI is InChI=1S/C24H26ClN3O3/c1-13-8-19-21(10-14(13)2)28(24(30)16-6-5-7-18(16)26-19)12-23(29)27-20-9-15(3)17(25)11-22(20)31-4/h8-11,16H,5-7,12H2,1-4H3,(H,27,29). The highest BCUT2D eigenvalue weighted by Gasteiger charge is 2.37. The first-order valence-corrected chi connectivity index (χ1v) is 10.8. The highest BCUT2D eigenvalue weighted by molar-refractivity contribution is 6.31. The van der Waals surface area contributed by atoms with Crippen molar-refractivity contribution < 1.29 is 14.3 Å². The Morgan fingerprint density at radius 2 is 1.94 bits per heavy atom. The number of hydrogen-bond acceptors (Lipinski definition) is 4. The molecule has 4 rings (SSSR count). The second-order valence-electron chi connectivity index (χ2n) is 8.25. The number of halogens is 1. The molecular formula is C24H26ClN3O3. The molecule has 0 aromatic heterocycles. The summed E-state index contributed by atoms with van der Waals surface area (Å²) >= 11 is 6.17. The van der Waals surface area contributed by atoms with Crippen molar-refractivity contribution in [3.8, 4) is 5.75 Å². The zero-order valence-electron chi connectivity index (χ0n) is 18.2. The fourth-order valence-electron chi connectivity index (χ4n) is 4.21. The quantitative estimate of drug-likeness (QED) is 0.717. The highest BCUT2D eigenvalue weighted by atomic mass is 35.5. The predicted octanol–water partition coefficient (Wildman–Crippen LogP) is 5.13. The zero-order chi connectivity index (χ0) is 22.3. The maximum atomic E-state index is 13.4. The van der Waals surface area contributed by atoms with Crippen LogP contribution in [0.15, 0.2) is 29.3 Å². The van der Waals surface area contributed by atoms with E-state index in [-0.39, 0.29) is 24.3 Å². The van der Waals surface area contributed by atoms with E-state index in [1.54, 1.807) is 17.0 Å². The van der Waals surface area contributed by atoms with E-state index in [1.165, 1.54) is 7.11 Å². The number of nitrogens with zero attached hydrogens (tertiary/aromatic N) is 2. The summed E-state index contributed by atoms with van der Waals surface area (Å²) in [5.74, 6) is -0.154. The van der Waals surface area contributed by atoms with Crippen LogP contribution in [0.4, 0.5) is 17.1 Å². The molecule has 1 atom stereocenters. The number of aryl methyl sites for hydroxylation is 3. The van der Waals surface area contributed by atoms with Crippen LogP contribution in [0.5, 0.6) is 5.75 Å². The van der Waals surface area contributed by atoms with Gasteiger partial charge in [0.05, 0.1) is 30.1 Å². The molecule has 2 amide bonds. The van der Waals surface area contributed by atoms with Gasteiger partial charge in [-0.05, 0) is 74.9 Å². The summed E-state index contributed by atoms with van der Waals surface area (Å²) in [7, 11) is 1.52. The Labute approximate surface area is 187 Å². The van der Waals surface area contributed by atoms with Gasteiger partial charge >= 0.3 is 0 Å². The third kappa shape index (κ3) is 4.04. The van der Waals surface area contributed by atoms with Crippen LogP contribution in [0.1, 0.15) is 36.0 Å². The number of fused-ring (bicyclic) bond motifs is 2. The van der Waals surface area contributed by atoms with Crippen molar-refractivity contribution in [2.24, 2.45) is 10.9 Å². The van der Waals surface area contributed by atoms with Crippen LogP contribution < -0.4 is 15.0 Å². The van der Waals surface area contributed by atoms with Gasteiger partial charge in [-0.25, -0.2) is 0 Å². The Morgan fingerprint density at radius 1 is 1.19 bits per heavy atom. The molecule has 6 nitrogen and oxygen atoms in total. The topological polar surface area (TPSA) is 71.0 Å². The molecule has 0 saturated heterocycles. The monoisotopic (exact) mass is 439 g/mol. The molecular weight excluding hydrogens is 414 g/mol. The molecule has 1 aliphatic carbocycles. The predicted molar refractivity (Wildman–Crippen MR) is 124 cm³/mol. The van der Waals surface area contributed by atoms with E-state index in [0.717, 1.165) is 47.4 Å². The fraction of sp³-hybridized carbons (Fsp3) is 0.375. The van der Waals surface area contributed by atoms with E-state index < -0.39 is 0 Å². The van der Waals surface area contributed by atoms with Gasteiger partial charge in [-0.2, -0.15) is 0 Å². The highest BCUT2D eigenvalue weighted by Crippen LogP contribution is 2.39. The molecule has 2 aromatic carbocycles. The van der Waals surface area contributed by atoms with Crippen LogP contribution in [0, 0.1) is 26.7 Å². The minimum atomic E-state index is -0.306. The number of ether oxygens (including phenoxy) is 1. The second-order valence-corrected chi connectivity index (χ2v) is 8.65. The molecule has 162 valence electrons. The number of benzene rings is 2. The number of amides is 2. The van der Waals surface area contributed by atoms with E-state index in [9.17, 15) is 9.59 Å². The average Bonchev–Trinajstić information content (AvgIpc) is 3.15. The van der Waals surface area contributed by atoms with Crippen molar-refractivity contribution in [3.63, 3.8) is 0 Å². The number of nitrogens with one attached hydrogen (secondary N) is 1. The first kappa shape index (κ1) is 21.4. The molecule has 1 heterocycles. The lowest BCUT2D eigenvalue weighted by Gasteiger charge is -2.25. The van der Waals surface area contributed by atoms with Crippen LogP contribution in [-0.2, 0) is 9.59 Å². The second kappa shape index (κ2) is 8.35. The molecule has 1 aliphatic heterocycles. The molecule has 1 fully saturated rings. The van der Waals surface area contributed by atoms with Crippen LogP contribution in [0.3, 0.4) is 0 Å². The molecule has 0 spiro atoms. The van der Waals surface area contributed by atoms with E-state index in [2.05, 4.69) is 5.32 Å². The molecule has 2 aliphatic rings. The largest absolute Gasteiger partial charge is 0.495 e. The van der Waals surface area contributed by atoms with Crippen molar-refractivity contribution in [3.05, 3.63) is 46.0 Å². The van der Waals surface area contributed by atoms with E-state index >= 15 is 0 Å². The number of carbonyl (C=O) groups excluding carboxylic acids is 2. The van der Waals surface area contributed by atoms with Gasteiger partial charge in [-0.3, -0.25) is 14.6 Å². The third-order valence-electron chi connectivity index (χ3n) is 6.09. The lowest BCUT2D eigenvalue weighted by molar-refractivity contribution is -0.123. The summed E-state index contributed by atoms with van der Waals surface area (Å²) in [5, 5.41) is 3.44. The van der Waals surface area contributed by atoms with Crippen LogP contribution in [0.25, 0.3) is 0 Å². The summed E-state index contributed by atoms with van der Waals surface area (Å²) in [6.07, 6.45) is 2.53. The molecule has 1 N–H and O–H groups in total. The molecule has 0 radical (unpaired) electrons. The van der Waals surface area contributed by atoms with Gasteiger partial charge in [0.2, 0.25) is 11.8 Å². The Kier molecular flexibility index (Phi) is 5.75. The van der Waals surface area contributed by atoms with Gasteiger partial charge in [-0.15, -0.1) is 0 Å². The Morgan fingerprint density at radius 3 is 2.68 bits per heavy atom. The number of hydrogen-bond donors (Lipinski definition) is 1.